The lowest BCUT2D eigenvalue weighted by Crippen LogP contribution is -2.38. The summed E-state index contributed by atoms with van der Waals surface area (Å²) < 4.78 is 81.5. The van der Waals surface area contributed by atoms with Gasteiger partial charge in [-0.3, -0.25) is 24.0 Å². The number of carboxylic acids is 1. The first-order valence-electron chi connectivity index (χ1n) is 12.5. The summed E-state index contributed by atoms with van der Waals surface area (Å²) in [5, 5.41) is 12.9. The molecule has 0 atom stereocenters. The first-order valence-corrected chi connectivity index (χ1v) is 13.3. The average Bonchev–Trinajstić information content (AvgIpc) is 3.31. The molecule has 0 spiro atoms. The van der Waals surface area contributed by atoms with Crippen LogP contribution in [0.4, 0.5) is 26.3 Å². The Kier molecular flexibility index (Phi) is 10.00. The lowest BCUT2D eigenvalue weighted by atomic mass is 9.74. The number of amides is 1. The van der Waals surface area contributed by atoms with Crippen molar-refractivity contribution in [1.82, 2.24) is 19.7 Å². The van der Waals surface area contributed by atoms with Gasteiger partial charge in [0, 0.05) is 25.4 Å². The van der Waals surface area contributed by atoms with Crippen LogP contribution in [0.3, 0.4) is 0 Å². The number of ketones is 1. The molecule has 2 aromatic rings. The largest absolute Gasteiger partial charge is 0.481 e. The van der Waals surface area contributed by atoms with Gasteiger partial charge < -0.3 is 10.0 Å². The highest BCUT2D eigenvalue weighted by atomic mass is 35.5. The Bertz CT molecular complexity index is 1270. The second-order valence-electron chi connectivity index (χ2n) is 10.1. The van der Waals surface area contributed by atoms with Gasteiger partial charge in [-0.25, -0.2) is 0 Å². The van der Waals surface area contributed by atoms with Gasteiger partial charge in [0.25, 0.3) is 5.91 Å². The molecule has 1 amide bonds. The van der Waals surface area contributed by atoms with Crippen LogP contribution < -0.4 is 0 Å². The number of rotatable bonds is 10. The fourth-order valence-corrected chi connectivity index (χ4v) is 5.33. The molecule has 1 fully saturated rings. The van der Waals surface area contributed by atoms with Crippen LogP contribution in [0.2, 0.25) is 10.0 Å². The smallest absolute Gasteiger partial charge is 0.433 e. The molecule has 0 aromatic carbocycles. The third kappa shape index (κ3) is 7.91. The van der Waals surface area contributed by atoms with Crippen LogP contribution in [0.5, 0.6) is 0 Å². The number of hydrogen-bond donors (Lipinski definition) is 1. The van der Waals surface area contributed by atoms with Crippen molar-refractivity contribution in [3.8, 4) is 0 Å². The predicted octanol–water partition coefficient (Wildman–Crippen LogP) is 6.87. The third-order valence-corrected chi connectivity index (χ3v) is 7.68. The van der Waals surface area contributed by atoms with Gasteiger partial charge >= 0.3 is 18.3 Å². The molecule has 0 aliphatic heterocycles. The summed E-state index contributed by atoms with van der Waals surface area (Å²) in [7, 11) is 0. The Morgan fingerprint density at radius 2 is 1.63 bits per heavy atom. The number of carbonyl (C=O) groups is 3. The van der Waals surface area contributed by atoms with Crippen LogP contribution >= 0.6 is 23.2 Å². The normalized spacial score (nSPS) is 19.7. The van der Waals surface area contributed by atoms with E-state index in [0.717, 1.165) is 12.4 Å². The van der Waals surface area contributed by atoms with Gasteiger partial charge in [-0.1, -0.05) is 23.2 Å². The van der Waals surface area contributed by atoms with Crippen molar-refractivity contribution in [2.24, 2.45) is 5.41 Å². The molecular formula is C25H26Cl2F6N4O4. The Morgan fingerprint density at radius 3 is 2.15 bits per heavy atom. The number of alkyl halides is 6. The molecule has 41 heavy (non-hydrogen) atoms. The average molecular weight is 631 g/mol. The standard InChI is InChI=1S/C25H26Cl2F6N4O4/c1-23(22(40)41)7-4-14(5-8-23)37-20(25(31,32)33)15(10-35-37)21(39)36(9-3-2-6-24(28,29)30)13-18(38)19-16(26)11-34-12-17(19)27/h10-12,14H,2-9,13H2,1H3,(H,40,41)/t14-,23-. The van der Waals surface area contributed by atoms with Crippen LogP contribution in [0.15, 0.2) is 18.6 Å². The van der Waals surface area contributed by atoms with E-state index >= 15 is 0 Å². The van der Waals surface area contributed by atoms with Gasteiger partial charge in [0.05, 0.1) is 45.4 Å². The van der Waals surface area contributed by atoms with Crippen molar-refractivity contribution >= 4 is 40.9 Å². The van der Waals surface area contributed by atoms with Crippen molar-refractivity contribution in [2.75, 3.05) is 13.1 Å². The molecule has 0 unspecified atom stereocenters. The molecule has 3 rings (SSSR count). The molecule has 0 radical (unpaired) electrons. The second-order valence-corrected chi connectivity index (χ2v) is 11.0. The summed E-state index contributed by atoms with van der Waals surface area (Å²) in [5.74, 6) is -3.19. The highest BCUT2D eigenvalue weighted by molar-refractivity contribution is 6.39. The zero-order valence-corrected chi connectivity index (χ0v) is 23.2. The Hall–Kier alpha value is -2.87. The summed E-state index contributed by atoms with van der Waals surface area (Å²) in [4.78, 5) is 42.4. The van der Waals surface area contributed by atoms with Crippen LogP contribution in [-0.2, 0) is 11.0 Å². The van der Waals surface area contributed by atoms with E-state index in [0.29, 0.717) is 15.8 Å². The summed E-state index contributed by atoms with van der Waals surface area (Å²) in [5.41, 5.74) is -3.63. The SMILES string of the molecule is C[C@]1(C(=O)O)CC[C@H](n2ncc(C(=O)N(CCCCC(F)(F)F)CC(=O)c3c(Cl)cncc3Cl)c2C(F)(F)F)CC1. The van der Waals surface area contributed by atoms with Crippen LogP contribution in [-0.4, -0.2) is 61.7 Å². The van der Waals surface area contributed by atoms with Gasteiger partial charge in [0.15, 0.2) is 11.5 Å². The van der Waals surface area contributed by atoms with Gasteiger partial charge in [-0.2, -0.15) is 31.4 Å². The Morgan fingerprint density at radius 1 is 1.05 bits per heavy atom. The molecule has 1 N–H and O–H groups in total. The molecule has 0 bridgehead atoms. The number of pyridine rings is 1. The van der Waals surface area contributed by atoms with E-state index in [-0.39, 0.29) is 47.7 Å². The number of carbonyl (C=O) groups excluding carboxylic acids is 2. The molecule has 226 valence electrons. The maximum Gasteiger partial charge on any atom is 0.433 e. The van der Waals surface area contributed by atoms with Crippen molar-refractivity contribution in [1.29, 1.82) is 0 Å². The maximum atomic E-state index is 14.3. The van der Waals surface area contributed by atoms with E-state index < -0.39 is 78.7 Å². The number of aromatic nitrogens is 3. The predicted molar refractivity (Wildman–Crippen MR) is 135 cm³/mol. The maximum absolute atomic E-state index is 14.3. The fraction of sp³-hybridized carbons (Fsp3) is 0.560. The highest BCUT2D eigenvalue weighted by Crippen LogP contribution is 2.43. The Balaban J connectivity index is 1.93. The molecule has 1 aliphatic rings. The van der Waals surface area contributed by atoms with Crippen molar-refractivity contribution in [2.45, 2.75) is 70.3 Å². The molecule has 0 saturated heterocycles. The van der Waals surface area contributed by atoms with Crippen molar-refractivity contribution in [3.63, 3.8) is 0 Å². The third-order valence-electron chi connectivity index (χ3n) is 7.11. The molecule has 16 heteroatoms. The summed E-state index contributed by atoms with van der Waals surface area (Å²) in [6, 6.07) is -0.850. The summed E-state index contributed by atoms with van der Waals surface area (Å²) in [6.45, 7) is 0.213. The van der Waals surface area contributed by atoms with E-state index in [2.05, 4.69) is 10.1 Å². The van der Waals surface area contributed by atoms with Gasteiger partial charge in [-0.15, -0.1) is 0 Å². The van der Waals surface area contributed by atoms with Crippen molar-refractivity contribution in [3.05, 3.63) is 45.5 Å². The monoisotopic (exact) mass is 630 g/mol. The number of carboxylic acid groups (broad SMARTS) is 1. The Labute approximate surface area is 240 Å². The quantitative estimate of drug-likeness (QED) is 0.174. The lowest BCUT2D eigenvalue weighted by Gasteiger charge is -2.34. The first-order chi connectivity index (χ1) is 18.9. The fourth-order valence-electron chi connectivity index (χ4n) is 4.76. The highest BCUT2D eigenvalue weighted by Gasteiger charge is 2.45. The zero-order valence-electron chi connectivity index (χ0n) is 21.7. The minimum absolute atomic E-state index is 0.0554. The zero-order chi connectivity index (χ0) is 30.8. The minimum atomic E-state index is -5.07. The second kappa shape index (κ2) is 12.6. The molecule has 1 saturated carbocycles. The summed E-state index contributed by atoms with van der Waals surface area (Å²) >= 11 is 12.0. The van der Waals surface area contributed by atoms with Gasteiger partial charge in [-0.05, 0) is 45.4 Å². The number of hydrogen-bond acceptors (Lipinski definition) is 5. The number of nitrogens with zero attached hydrogens (tertiary/aromatic N) is 4. The van der Waals surface area contributed by atoms with Gasteiger partial charge in [0.2, 0.25) is 0 Å². The molecular weight excluding hydrogens is 605 g/mol. The lowest BCUT2D eigenvalue weighted by molar-refractivity contribution is -0.152. The van der Waals surface area contributed by atoms with Gasteiger partial charge in [0.1, 0.15) is 0 Å². The molecule has 1 aliphatic carbocycles. The van der Waals surface area contributed by atoms with E-state index in [1.807, 2.05) is 0 Å². The van der Waals surface area contributed by atoms with Crippen molar-refractivity contribution < 1.29 is 45.8 Å². The van der Waals surface area contributed by atoms with E-state index in [4.69, 9.17) is 23.2 Å². The molecule has 2 heterocycles. The van der Waals surface area contributed by atoms with Crippen LogP contribution in [0.1, 0.15) is 84.3 Å². The number of Topliss-reactive ketones (excluding diaryl/α,β-unsaturated/α-hetero) is 1. The number of halogens is 8. The first kappa shape index (κ1) is 32.6. The number of unbranched alkanes of at least 4 members (excludes halogenated alkanes) is 1. The van der Waals surface area contributed by atoms with Crippen LogP contribution in [0, 0.1) is 5.41 Å². The van der Waals surface area contributed by atoms with E-state index in [1.165, 1.54) is 6.92 Å². The minimum Gasteiger partial charge on any atom is -0.481 e. The number of aliphatic carboxylic acids is 1. The topological polar surface area (TPSA) is 105 Å². The molecule has 8 nitrogen and oxygen atoms in total. The van der Waals surface area contributed by atoms with Crippen LogP contribution in [0.25, 0.3) is 0 Å². The molecule has 2 aromatic heterocycles. The summed E-state index contributed by atoms with van der Waals surface area (Å²) in [6.07, 6.45) is -8.26. The van der Waals surface area contributed by atoms with E-state index in [9.17, 15) is 45.8 Å². The van der Waals surface area contributed by atoms with E-state index in [1.54, 1.807) is 0 Å².